The summed E-state index contributed by atoms with van der Waals surface area (Å²) in [5, 5.41) is 0. The van der Waals surface area contributed by atoms with Crippen LogP contribution in [-0.2, 0) is 26.0 Å². The Hall–Kier alpha value is -3.90. The Labute approximate surface area is 230 Å². The van der Waals surface area contributed by atoms with Gasteiger partial charge >= 0.3 is 5.97 Å². The first-order valence-corrected chi connectivity index (χ1v) is 14.0. The standard InChI is InChI=1S/C33H29F2O3S/c1-23-19-28(39(26-11-5-3-6-12-26)27-13-7-4-8-14-27)20-24(2)32(23)37-22-31(36)38-33(17-9-10-18-33)25-15-16-29(34)30(35)21-25/h3-9,11-17,19-21H,10,18,22H2,1-2H3/q+1. The van der Waals surface area contributed by atoms with E-state index in [1.165, 1.54) is 15.9 Å². The maximum absolute atomic E-state index is 13.9. The second kappa shape index (κ2) is 11.5. The van der Waals surface area contributed by atoms with Crippen LogP contribution in [0.2, 0.25) is 0 Å². The van der Waals surface area contributed by atoms with Gasteiger partial charge in [-0.05, 0) is 80.3 Å². The van der Waals surface area contributed by atoms with Gasteiger partial charge < -0.3 is 9.47 Å². The zero-order valence-corrected chi connectivity index (χ0v) is 22.6. The number of halogens is 2. The molecule has 0 fully saturated rings. The maximum atomic E-state index is 13.9. The molecule has 198 valence electrons. The number of rotatable bonds is 8. The number of hydrogen-bond donors (Lipinski definition) is 0. The van der Waals surface area contributed by atoms with Crippen molar-refractivity contribution in [2.24, 2.45) is 0 Å². The molecule has 0 aromatic heterocycles. The first-order valence-electron chi connectivity index (χ1n) is 12.8. The molecule has 39 heavy (non-hydrogen) atoms. The molecule has 6 heteroatoms. The van der Waals surface area contributed by atoms with Crippen LogP contribution in [0.4, 0.5) is 8.78 Å². The highest BCUT2D eigenvalue weighted by molar-refractivity contribution is 7.97. The fourth-order valence-corrected chi connectivity index (χ4v) is 7.20. The van der Waals surface area contributed by atoms with Crippen LogP contribution in [0.25, 0.3) is 0 Å². The van der Waals surface area contributed by atoms with E-state index in [2.05, 4.69) is 36.4 Å². The lowest BCUT2D eigenvalue weighted by molar-refractivity contribution is -0.158. The molecule has 5 rings (SSSR count). The van der Waals surface area contributed by atoms with Crippen LogP contribution in [0.1, 0.15) is 29.5 Å². The number of aryl methyl sites for hydroxylation is 2. The number of benzene rings is 4. The van der Waals surface area contributed by atoms with Crippen molar-refractivity contribution >= 4 is 16.9 Å². The fraction of sp³-hybridized carbons (Fsp3) is 0.182. The number of hydrogen-bond acceptors (Lipinski definition) is 3. The smallest absolute Gasteiger partial charge is 0.345 e. The summed E-state index contributed by atoms with van der Waals surface area (Å²) in [6, 6.07) is 28.6. The predicted octanol–water partition coefficient (Wildman–Crippen LogP) is 7.84. The summed E-state index contributed by atoms with van der Waals surface area (Å²) in [6.07, 6.45) is 4.73. The molecule has 0 N–H and O–H groups in total. The minimum Gasteiger partial charge on any atom is -0.481 e. The largest absolute Gasteiger partial charge is 0.481 e. The highest BCUT2D eigenvalue weighted by atomic mass is 32.2. The molecule has 1 unspecified atom stereocenters. The van der Waals surface area contributed by atoms with E-state index >= 15 is 0 Å². The Kier molecular flexibility index (Phi) is 7.84. The van der Waals surface area contributed by atoms with Crippen molar-refractivity contribution in [2.45, 2.75) is 47.0 Å². The second-order valence-electron chi connectivity index (χ2n) is 9.54. The van der Waals surface area contributed by atoms with E-state index in [1.807, 2.05) is 56.3 Å². The second-order valence-corrected chi connectivity index (χ2v) is 11.6. The van der Waals surface area contributed by atoms with Gasteiger partial charge in [0, 0.05) is 17.7 Å². The van der Waals surface area contributed by atoms with E-state index in [-0.39, 0.29) is 17.5 Å². The Bertz CT molecular complexity index is 1440. The van der Waals surface area contributed by atoms with Gasteiger partial charge in [0.2, 0.25) is 0 Å². The van der Waals surface area contributed by atoms with Crippen LogP contribution in [0.3, 0.4) is 0 Å². The molecule has 0 spiro atoms. The van der Waals surface area contributed by atoms with Gasteiger partial charge in [0.05, 0.1) is 10.9 Å². The molecule has 3 nitrogen and oxygen atoms in total. The quantitative estimate of drug-likeness (QED) is 0.129. The lowest BCUT2D eigenvalue weighted by atomic mass is 9.93. The zero-order valence-electron chi connectivity index (χ0n) is 21.8. The molecule has 1 aliphatic rings. The van der Waals surface area contributed by atoms with Crippen LogP contribution >= 0.6 is 0 Å². The highest BCUT2D eigenvalue weighted by Crippen LogP contribution is 2.39. The number of ether oxygens (including phenoxy) is 2. The summed E-state index contributed by atoms with van der Waals surface area (Å²) >= 11 is 0. The van der Waals surface area contributed by atoms with Crippen molar-refractivity contribution < 1.29 is 23.0 Å². The molecule has 1 atom stereocenters. The number of carbonyl (C=O) groups is 1. The first-order chi connectivity index (χ1) is 18.9. The van der Waals surface area contributed by atoms with E-state index in [1.54, 1.807) is 6.08 Å². The van der Waals surface area contributed by atoms with Crippen molar-refractivity contribution in [1.29, 1.82) is 0 Å². The molecular formula is C33H29F2O3S+. The average Bonchev–Trinajstić information content (AvgIpc) is 3.40. The molecule has 0 radical (unpaired) electrons. The van der Waals surface area contributed by atoms with Gasteiger partial charge in [-0.1, -0.05) is 48.5 Å². The predicted molar refractivity (Wildman–Crippen MR) is 149 cm³/mol. The zero-order chi connectivity index (χ0) is 27.4. The molecule has 1 aliphatic carbocycles. The molecule has 0 aliphatic heterocycles. The van der Waals surface area contributed by atoms with Crippen LogP contribution in [0.5, 0.6) is 5.75 Å². The van der Waals surface area contributed by atoms with E-state index in [0.717, 1.165) is 28.2 Å². The third-order valence-electron chi connectivity index (χ3n) is 6.74. The molecule has 4 aromatic rings. The Balaban J connectivity index is 1.36. The summed E-state index contributed by atoms with van der Waals surface area (Å²) in [7, 11) is -0.302. The summed E-state index contributed by atoms with van der Waals surface area (Å²) in [6.45, 7) is 3.64. The normalized spacial score (nSPS) is 16.4. The lowest BCUT2D eigenvalue weighted by Gasteiger charge is -2.28. The van der Waals surface area contributed by atoms with Crippen molar-refractivity contribution in [3.63, 3.8) is 0 Å². The number of allylic oxidation sites excluding steroid dienone is 1. The molecule has 4 aromatic carbocycles. The monoisotopic (exact) mass is 543 g/mol. The van der Waals surface area contributed by atoms with Crippen molar-refractivity contribution in [1.82, 2.24) is 0 Å². The lowest BCUT2D eigenvalue weighted by Crippen LogP contribution is -2.31. The highest BCUT2D eigenvalue weighted by Gasteiger charge is 2.37. The Morgan fingerprint density at radius 3 is 1.97 bits per heavy atom. The average molecular weight is 544 g/mol. The molecule has 0 saturated carbocycles. The third-order valence-corrected chi connectivity index (χ3v) is 8.93. The van der Waals surface area contributed by atoms with Crippen molar-refractivity contribution in [3.8, 4) is 5.75 Å². The van der Waals surface area contributed by atoms with Crippen LogP contribution in [0, 0.1) is 25.5 Å². The minimum absolute atomic E-state index is 0.302. The van der Waals surface area contributed by atoms with Gasteiger partial charge in [0.15, 0.2) is 38.5 Å². The minimum atomic E-state index is -1.14. The van der Waals surface area contributed by atoms with Gasteiger partial charge in [-0.15, -0.1) is 0 Å². The maximum Gasteiger partial charge on any atom is 0.345 e. The number of esters is 1. The molecule has 0 bridgehead atoms. The van der Waals surface area contributed by atoms with Crippen molar-refractivity contribution in [3.05, 3.63) is 131 Å². The van der Waals surface area contributed by atoms with Gasteiger partial charge in [0.1, 0.15) is 5.75 Å². The van der Waals surface area contributed by atoms with Gasteiger partial charge in [-0.2, -0.15) is 0 Å². The van der Waals surface area contributed by atoms with Crippen molar-refractivity contribution in [2.75, 3.05) is 6.61 Å². The summed E-state index contributed by atoms with van der Waals surface area (Å²) in [4.78, 5) is 16.5. The number of carbonyl (C=O) groups excluding carboxylic acids is 1. The molecular weight excluding hydrogens is 514 g/mol. The third kappa shape index (κ3) is 5.76. The summed E-state index contributed by atoms with van der Waals surface area (Å²) in [5.41, 5.74) is 1.09. The van der Waals surface area contributed by atoms with Crippen LogP contribution in [-0.4, -0.2) is 12.6 Å². The topological polar surface area (TPSA) is 35.5 Å². The van der Waals surface area contributed by atoms with Crippen LogP contribution in [0.15, 0.2) is 118 Å². The van der Waals surface area contributed by atoms with Gasteiger partial charge in [-0.3, -0.25) is 0 Å². The summed E-state index contributed by atoms with van der Waals surface area (Å²) in [5.74, 6) is -1.87. The Morgan fingerprint density at radius 1 is 0.821 bits per heavy atom. The van der Waals surface area contributed by atoms with E-state index in [0.29, 0.717) is 24.2 Å². The van der Waals surface area contributed by atoms with E-state index in [4.69, 9.17) is 9.47 Å². The first kappa shape index (κ1) is 26.7. The fourth-order valence-electron chi connectivity index (χ4n) is 4.94. The SMILES string of the molecule is Cc1cc([S+](c2ccccc2)c2ccccc2)cc(C)c1OCC(=O)OC1(c2ccc(F)c(F)c2)C=CCC1. The van der Waals surface area contributed by atoms with E-state index < -0.39 is 23.2 Å². The molecule has 0 heterocycles. The van der Waals surface area contributed by atoms with Crippen LogP contribution < -0.4 is 4.74 Å². The van der Waals surface area contributed by atoms with Gasteiger partial charge in [-0.25, -0.2) is 13.6 Å². The Morgan fingerprint density at radius 2 is 1.44 bits per heavy atom. The van der Waals surface area contributed by atoms with Gasteiger partial charge in [0.25, 0.3) is 0 Å². The summed E-state index contributed by atoms with van der Waals surface area (Å²) < 4.78 is 39.2. The molecule has 0 saturated heterocycles. The molecule has 0 amide bonds. The van der Waals surface area contributed by atoms with E-state index in [9.17, 15) is 13.6 Å².